The average Bonchev–Trinajstić information content (AvgIpc) is 3.26. The third-order valence-electron chi connectivity index (χ3n) is 5.01. The SMILES string of the molecule is O=C(c1ccccc1OC[C@@H]1CCCO1)N1CCN(c2cnccn2)CC1. The lowest BCUT2D eigenvalue weighted by atomic mass is 10.1. The first kappa shape index (κ1) is 17.7. The van der Waals surface area contributed by atoms with E-state index in [0.29, 0.717) is 31.0 Å². The molecule has 1 aromatic heterocycles. The number of amides is 1. The lowest BCUT2D eigenvalue weighted by Crippen LogP contribution is -2.49. The molecule has 0 bridgehead atoms. The molecule has 2 aliphatic rings. The standard InChI is InChI=1S/C20H24N4O3/c25-20(24-11-9-23(10-12-24)19-14-21-7-8-22-19)17-5-1-2-6-18(17)27-15-16-4-3-13-26-16/h1-2,5-8,14,16H,3-4,9-13,15H2/t16-/m0/s1. The molecule has 0 unspecified atom stereocenters. The number of para-hydroxylation sites is 1. The Hall–Kier alpha value is -2.67. The molecule has 142 valence electrons. The van der Waals surface area contributed by atoms with Gasteiger partial charge in [0.25, 0.3) is 5.91 Å². The molecule has 1 atom stereocenters. The van der Waals surface area contributed by atoms with Crippen molar-refractivity contribution >= 4 is 11.7 Å². The topological polar surface area (TPSA) is 67.8 Å². The van der Waals surface area contributed by atoms with Gasteiger partial charge in [-0.1, -0.05) is 12.1 Å². The fourth-order valence-corrected chi connectivity index (χ4v) is 3.49. The maximum atomic E-state index is 13.0. The van der Waals surface area contributed by atoms with E-state index in [4.69, 9.17) is 9.47 Å². The molecule has 2 fully saturated rings. The highest BCUT2D eigenvalue weighted by atomic mass is 16.5. The Labute approximate surface area is 158 Å². The molecule has 2 aromatic rings. The largest absolute Gasteiger partial charge is 0.490 e. The molecular formula is C20H24N4O3. The fourth-order valence-electron chi connectivity index (χ4n) is 3.49. The van der Waals surface area contributed by atoms with Gasteiger partial charge in [0.2, 0.25) is 0 Å². The Kier molecular flexibility index (Phi) is 5.48. The number of hydrogen-bond acceptors (Lipinski definition) is 6. The normalized spacial score (nSPS) is 19.9. The third kappa shape index (κ3) is 4.19. The summed E-state index contributed by atoms with van der Waals surface area (Å²) in [4.78, 5) is 25.5. The highest BCUT2D eigenvalue weighted by Gasteiger charge is 2.25. The van der Waals surface area contributed by atoms with Crippen LogP contribution in [-0.2, 0) is 4.74 Å². The number of ether oxygens (including phenoxy) is 2. The van der Waals surface area contributed by atoms with Gasteiger partial charge in [0.15, 0.2) is 0 Å². The number of carbonyl (C=O) groups is 1. The Balaban J connectivity index is 1.38. The number of carbonyl (C=O) groups excluding carboxylic acids is 1. The number of hydrogen-bond donors (Lipinski definition) is 0. The first-order chi connectivity index (χ1) is 13.3. The molecule has 27 heavy (non-hydrogen) atoms. The Morgan fingerprint density at radius 2 is 2.04 bits per heavy atom. The van der Waals surface area contributed by atoms with Crippen molar-refractivity contribution in [2.24, 2.45) is 0 Å². The Morgan fingerprint density at radius 3 is 2.78 bits per heavy atom. The summed E-state index contributed by atoms with van der Waals surface area (Å²) in [6.07, 6.45) is 7.33. The van der Waals surface area contributed by atoms with Crippen molar-refractivity contribution in [2.45, 2.75) is 18.9 Å². The molecule has 7 nitrogen and oxygen atoms in total. The lowest BCUT2D eigenvalue weighted by Gasteiger charge is -2.35. The van der Waals surface area contributed by atoms with Crippen LogP contribution in [0.15, 0.2) is 42.9 Å². The summed E-state index contributed by atoms with van der Waals surface area (Å²) in [6.45, 7) is 4.06. The summed E-state index contributed by atoms with van der Waals surface area (Å²) < 4.78 is 11.5. The highest BCUT2D eigenvalue weighted by Crippen LogP contribution is 2.23. The molecule has 0 aliphatic carbocycles. The molecular weight excluding hydrogens is 344 g/mol. The number of aromatic nitrogens is 2. The molecule has 2 saturated heterocycles. The maximum absolute atomic E-state index is 13.0. The van der Waals surface area contributed by atoms with Crippen molar-refractivity contribution in [2.75, 3.05) is 44.3 Å². The van der Waals surface area contributed by atoms with Crippen LogP contribution in [-0.4, -0.2) is 66.3 Å². The zero-order valence-electron chi connectivity index (χ0n) is 15.3. The van der Waals surface area contributed by atoms with Crippen LogP contribution in [0.4, 0.5) is 5.82 Å². The van der Waals surface area contributed by atoms with E-state index in [1.54, 1.807) is 18.6 Å². The molecule has 2 aliphatic heterocycles. The van der Waals surface area contributed by atoms with E-state index in [0.717, 1.165) is 38.4 Å². The van der Waals surface area contributed by atoms with E-state index >= 15 is 0 Å². The molecule has 4 rings (SSSR count). The minimum atomic E-state index is 0.0109. The van der Waals surface area contributed by atoms with Crippen molar-refractivity contribution in [3.8, 4) is 5.75 Å². The van der Waals surface area contributed by atoms with E-state index in [1.165, 1.54) is 0 Å². The van der Waals surface area contributed by atoms with Gasteiger partial charge in [-0.25, -0.2) is 4.98 Å². The second kappa shape index (κ2) is 8.35. The first-order valence-electron chi connectivity index (χ1n) is 9.45. The van der Waals surface area contributed by atoms with Gasteiger partial charge in [0.05, 0.1) is 17.9 Å². The molecule has 7 heteroatoms. The van der Waals surface area contributed by atoms with Gasteiger partial charge in [0, 0.05) is 45.2 Å². The number of nitrogens with zero attached hydrogens (tertiary/aromatic N) is 4. The summed E-state index contributed by atoms with van der Waals surface area (Å²) in [6, 6.07) is 7.47. The summed E-state index contributed by atoms with van der Waals surface area (Å²) in [5.74, 6) is 1.50. The second-order valence-corrected chi connectivity index (χ2v) is 6.79. The highest BCUT2D eigenvalue weighted by molar-refractivity contribution is 5.97. The average molecular weight is 368 g/mol. The molecule has 1 aromatic carbocycles. The van der Waals surface area contributed by atoms with Crippen molar-refractivity contribution in [1.82, 2.24) is 14.9 Å². The van der Waals surface area contributed by atoms with E-state index in [1.807, 2.05) is 29.2 Å². The Bertz CT molecular complexity index is 757. The van der Waals surface area contributed by atoms with Crippen LogP contribution in [0.5, 0.6) is 5.75 Å². The van der Waals surface area contributed by atoms with E-state index < -0.39 is 0 Å². The van der Waals surface area contributed by atoms with Crippen LogP contribution < -0.4 is 9.64 Å². The van der Waals surface area contributed by atoms with E-state index in [-0.39, 0.29) is 12.0 Å². The summed E-state index contributed by atoms with van der Waals surface area (Å²) in [7, 11) is 0. The fraction of sp³-hybridized carbons (Fsp3) is 0.450. The van der Waals surface area contributed by atoms with E-state index in [9.17, 15) is 4.79 Å². The zero-order chi connectivity index (χ0) is 18.5. The summed E-state index contributed by atoms with van der Waals surface area (Å²) in [5.41, 5.74) is 0.614. The van der Waals surface area contributed by atoms with Crippen molar-refractivity contribution in [1.29, 1.82) is 0 Å². The van der Waals surface area contributed by atoms with Gasteiger partial charge < -0.3 is 19.3 Å². The molecule has 3 heterocycles. The number of rotatable bonds is 5. The summed E-state index contributed by atoms with van der Waals surface area (Å²) >= 11 is 0. The Morgan fingerprint density at radius 1 is 1.19 bits per heavy atom. The van der Waals surface area contributed by atoms with Crippen LogP contribution in [0.1, 0.15) is 23.2 Å². The third-order valence-corrected chi connectivity index (χ3v) is 5.01. The zero-order valence-corrected chi connectivity index (χ0v) is 15.3. The van der Waals surface area contributed by atoms with Crippen LogP contribution in [0.25, 0.3) is 0 Å². The van der Waals surface area contributed by atoms with Gasteiger partial charge in [-0.15, -0.1) is 0 Å². The molecule has 0 spiro atoms. The minimum Gasteiger partial charge on any atom is -0.490 e. The quantitative estimate of drug-likeness (QED) is 0.804. The van der Waals surface area contributed by atoms with Crippen LogP contribution >= 0.6 is 0 Å². The first-order valence-corrected chi connectivity index (χ1v) is 9.45. The predicted molar refractivity (Wildman–Crippen MR) is 101 cm³/mol. The van der Waals surface area contributed by atoms with Gasteiger partial charge in [-0.05, 0) is 25.0 Å². The van der Waals surface area contributed by atoms with Crippen molar-refractivity contribution in [3.63, 3.8) is 0 Å². The van der Waals surface area contributed by atoms with Gasteiger partial charge in [-0.3, -0.25) is 9.78 Å². The lowest BCUT2D eigenvalue weighted by molar-refractivity contribution is 0.0648. The molecule has 0 radical (unpaired) electrons. The van der Waals surface area contributed by atoms with E-state index in [2.05, 4.69) is 14.9 Å². The predicted octanol–water partition coefficient (Wildman–Crippen LogP) is 2.00. The number of anilines is 1. The van der Waals surface area contributed by atoms with Gasteiger partial charge in [0.1, 0.15) is 18.2 Å². The molecule has 0 saturated carbocycles. The van der Waals surface area contributed by atoms with Gasteiger partial charge >= 0.3 is 0 Å². The van der Waals surface area contributed by atoms with Crippen LogP contribution in [0, 0.1) is 0 Å². The van der Waals surface area contributed by atoms with Gasteiger partial charge in [-0.2, -0.15) is 0 Å². The minimum absolute atomic E-state index is 0.0109. The van der Waals surface area contributed by atoms with Crippen LogP contribution in [0.3, 0.4) is 0 Å². The molecule has 1 amide bonds. The molecule has 0 N–H and O–H groups in total. The number of piperazine rings is 1. The smallest absolute Gasteiger partial charge is 0.257 e. The maximum Gasteiger partial charge on any atom is 0.257 e. The van der Waals surface area contributed by atoms with Crippen LogP contribution in [0.2, 0.25) is 0 Å². The second-order valence-electron chi connectivity index (χ2n) is 6.79. The van der Waals surface area contributed by atoms with Crippen molar-refractivity contribution < 1.29 is 14.3 Å². The monoisotopic (exact) mass is 368 g/mol. The number of benzene rings is 1. The van der Waals surface area contributed by atoms with Crippen molar-refractivity contribution in [3.05, 3.63) is 48.4 Å². The summed E-state index contributed by atoms with van der Waals surface area (Å²) in [5, 5.41) is 0.